The van der Waals surface area contributed by atoms with E-state index in [9.17, 15) is 4.79 Å². The summed E-state index contributed by atoms with van der Waals surface area (Å²) in [5.74, 6) is 0.0107. The summed E-state index contributed by atoms with van der Waals surface area (Å²) in [6, 6.07) is 8.10. The number of hydrogen-bond acceptors (Lipinski definition) is 2. The van der Waals surface area contributed by atoms with Gasteiger partial charge in [0.25, 0.3) is 0 Å². The number of amides is 1. The van der Waals surface area contributed by atoms with Crippen molar-refractivity contribution in [1.29, 1.82) is 0 Å². The van der Waals surface area contributed by atoms with E-state index in [-0.39, 0.29) is 12.5 Å². The maximum Gasteiger partial charge on any atom is 0.249 e. The van der Waals surface area contributed by atoms with Crippen LogP contribution in [0.1, 0.15) is 24.5 Å². The van der Waals surface area contributed by atoms with Crippen molar-refractivity contribution in [2.45, 2.75) is 26.8 Å². The minimum Gasteiger partial charge on any atom is -0.372 e. The predicted molar refractivity (Wildman–Crippen MR) is 77.9 cm³/mol. The van der Waals surface area contributed by atoms with Crippen molar-refractivity contribution in [1.82, 2.24) is 4.90 Å². The molecule has 0 atom stereocenters. The summed E-state index contributed by atoms with van der Waals surface area (Å²) in [5, 5.41) is 0. The van der Waals surface area contributed by atoms with Crippen LogP contribution in [0.25, 0.3) is 0 Å². The highest BCUT2D eigenvalue weighted by Gasteiger charge is 2.13. The number of benzene rings is 1. The van der Waals surface area contributed by atoms with Crippen LogP contribution in [0.2, 0.25) is 0 Å². The molecule has 104 valence electrons. The average Bonchev–Trinajstić information content (AvgIpc) is 2.41. The smallest absolute Gasteiger partial charge is 0.249 e. The second-order valence-corrected chi connectivity index (χ2v) is 4.54. The first-order valence-electron chi connectivity index (χ1n) is 6.70. The highest BCUT2D eigenvalue weighted by atomic mass is 16.5. The van der Waals surface area contributed by atoms with Gasteiger partial charge in [-0.05, 0) is 24.5 Å². The molecular weight excluding hydrogens is 238 g/mol. The van der Waals surface area contributed by atoms with E-state index in [2.05, 4.69) is 19.6 Å². The zero-order valence-corrected chi connectivity index (χ0v) is 11.9. The molecule has 0 fully saturated rings. The zero-order valence-electron chi connectivity index (χ0n) is 11.9. The van der Waals surface area contributed by atoms with Gasteiger partial charge in [-0.1, -0.05) is 37.3 Å². The quantitative estimate of drug-likeness (QED) is 0.532. The lowest BCUT2D eigenvalue weighted by molar-refractivity contribution is -0.136. The van der Waals surface area contributed by atoms with Crippen LogP contribution in [0.3, 0.4) is 0 Å². The Bertz CT molecular complexity index is 415. The SMILES string of the molecule is C=CCN(Cc1ccccc1C)C(=O)COCCC. The molecule has 0 heterocycles. The monoisotopic (exact) mass is 261 g/mol. The maximum atomic E-state index is 12.1. The molecule has 1 rings (SSSR count). The summed E-state index contributed by atoms with van der Waals surface area (Å²) in [7, 11) is 0. The molecule has 0 aromatic heterocycles. The van der Waals surface area contributed by atoms with E-state index in [4.69, 9.17) is 4.74 Å². The minimum atomic E-state index is 0.0107. The van der Waals surface area contributed by atoms with Crippen LogP contribution in [0.4, 0.5) is 0 Å². The molecule has 0 aliphatic rings. The molecule has 0 spiro atoms. The van der Waals surface area contributed by atoms with Crippen LogP contribution in [-0.2, 0) is 16.1 Å². The van der Waals surface area contributed by atoms with E-state index < -0.39 is 0 Å². The molecule has 0 saturated heterocycles. The van der Waals surface area contributed by atoms with Crippen molar-refractivity contribution in [3.05, 3.63) is 48.0 Å². The second kappa shape index (κ2) is 8.48. The van der Waals surface area contributed by atoms with Gasteiger partial charge in [-0.15, -0.1) is 6.58 Å². The fraction of sp³-hybridized carbons (Fsp3) is 0.438. The molecule has 0 aliphatic carbocycles. The van der Waals surface area contributed by atoms with Crippen LogP contribution < -0.4 is 0 Å². The fourth-order valence-corrected chi connectivity index (χ4v) is 1.80. The maximum absolute atomic E-state index is 12.1. The number of carbonyl (C=O) groups is 1. The number of rotatable bonds is 8. The standard InChI is InChI=1S/C16H23NO2/c1-4-10-17(16(18)13-19-11-5-2)12-15-9-7-6-8-14(15)3/h4,6-9H,1,5,10-13H2,2-3H3. The van der Waals surface area contributed by atoms with Crippen LogP contribution in [-0.4, -0.2) is 30.6 Å². The highest BCUT2D eigenvalue weighted by Crippen LogP contribution is 2.10. The van der Waals surface area contributed by atoms with Crippen molar-refractivity contribution >= 4 is 5.91 Å². The number of carbonyl (C=O) groups excluding carboxylic acids is 1. The Morgan fingerprint density at radius 2 is 2.16 bits per heavy atom. The third-order valence-corrected chi connectivity index (χ3v) is 2.90. The third-order valence-electron chi connectivity index (χ3n) is 2.90. The molecular formula is C16H23NO2. The van der Waals surface area contributed by atoms with Crippen LogP contribution in [0.15, 0.2) is 36.9 Å². The Kier molecular flexibility index (Phi) is 6.90. The molecule has 1 aromatic rings. The Morgan fingerprint density at radius 3 is 2.79 bits per heavy atom. The normalized spacial score (nSPS) is 10.2. The topological polar surface area (TPSA) is 29.5 Å². The van der Waals surface area contributed by atoms with Crippen molar-refractivity contribution < 1.29 is 9.53 Å². The van der Waals surface area contributed by atoms with Crippen LogP contribution in [0, 0.1) is 6.92 Å². The third kappa shape index (κ3) is 5.26. The van der Waals surface area contributed by atoms with Gasteiger partial charge in [0.1, 0.15) is 6.61 Å². The molecule has 3 nitrogen and oxygen atoms in total. The first-order chi connectivity index (χ1) is 9.19. The minimum absolute atomic E-state index is 0.0107. The molecule has 19 heavy (non-hydrogen) atoms. The van der Waals surface area contributed by atoms with Crippen molar-refractivity contribution in [2.75, 3.05) is 19.8 Å². The number of nitrogens with zero attached hydrogens (tertiary/aromatic N) is 1. The second-order valence-electron chi connectivity index (χ2n) is 4.54. The molecule has 0 radical (unpaired) electrons. The molecule has 1 aromatic carbocycles. The number of hydrogen-bond donors (Lipinski definition) is 0. The first-order valence-corrected chi connectivity index (χ1v) is 6.70. The molecule has 0 aliphatic heterocycles. The molecule has 1 amide bonds. The molecule has 0 N–H and O–H groups in total. The van der Waals surface area contributed by atoms with Gasteiger partial charge in [0.2, 0.25) is 5.91 Å². The Balaban J connectivity index is 2.64. The van der Waals surface area contributed by atoms with Crippen molar-refractivity contribution in [3.8, 4) is 0 Å². The summed E-state index contributed by atoms with van der Waals surface area (Å²) in [6.45, 7) is 9.71. The molecule has 3 heteroatoms. The van der Waals surface area contributed by atoms with E-state index >= 15 is 0 Å². The Labute approximate surface area is 115 Å². The van der Waals surface area contributed by atoms with E-state index in [0.717, 1.165) is 12.0 Å². The van der Waals surface area contributed by atoms with Crippen molar-refractivity contribution in [3.63, 3.8) is 0 Å². The van der Waals surface area contributed by atoms with E-state index in [0.29, 0.717) is 19.7 Å². The van der Waals surface area contributed by atoms with E-state index in [1.807, 2.05) is 25.1 Å². The molecule has 0 bridgehead atoms. The lowest BCUT2D eigenvalue weighted by atomic mass is 10.1. The molecule has 0 unspecified atom stereocenters. The van der Waals surface area contributed by atoms with Gasteiger partial charge in [-0.3, -0.25) is 4.79 Å². The van der Waals surface area contributed by atoms with Gasteiger partial charge in [-0.2, -0.15) is 0 Å². The Hall–Kier alpha value is -1.61. The van der Waals surface area contributed by atoms with Gasteiger partial charge in [-0.25, -0.2) is 0 Å². The lowest BCUT2D eigenvalue weighted by Crippen LogP contribution is -2.34. The van der Waals surface area contributed by atoms with Gasteiger partial charge >= 0.3 is 0 Å². The van der Waals surface area contributed by atoms with Crippen molar-refractivity contribution in [2.24, 2.45) is 0 Å². The summed E-state index contributed by atoms with van der Waals surface area (Å²) in [4.78, 5) is 13.8. The van der Waals surface area contributed by atoms with Crippen LogP contribution >= 0.6 is 0 Å². The van der Waals surface area contributed by atoms with Gasteiger partial charge < -0.3 is 9.64 Å². The summed E-state index contributed by atoms with van der Waals surface area (Å²) in [6.07, 6.45) is 2.67. The van der Waals surface area contributed by atoms with E-state index in [1.165, 1.54) is 5.56 Å². The number of aryl methyl sites for hydroxylation is 1. The number of ether oxygens (including phenoxy) is 1. The van der Waals surface area contributed by atoms with Gasteiger partial charge in [0.15, 0.2) is 0 Å². The highest BCUT2D eigenvalue weighted by molar-refractivity contribution is 5.77. The van der Waals surface area contributed by atoms with Gasteiger partial charge in [0, 0.05) is 19.7 Å². The van der Waals surface area contributed by atoms with Gasteiger partial charge in [0.05, 0.1) is 0 Å². The average molecular weight is 261 g/mol. The van der Waals surface area contributed by atoms with Crippen LogP contribution in [0.5, 0.6) is 0 Å². The Morgan fingerprint density at radius 1 is 1.42 bits per heavy atom. The largest absolute Gasteiger partial charge is 0.372 e. The fourth-order valence-electron chi connectivity index (χ4n) is 1.80. The van der Waals surface area contributed by atoms with E-state index in [1.54, 1.807) is 11.0 Å². The summed E-state index contributed by atoms with van der Waals surface area (Å²) >= 11 is 0. The lowest BCUT2D eigenvalue weighted by Gasteiger charge is -2.22. The zero-order chi connectivity index (χ0) is 14.1. The first kappa shape index (κ1) is 15.4. The molecule has 0 saturated carbocycles. The predicted octanol–water partition coefficient (Wildman–Crippen LogP) is 2.94. The summed E-state index contributed by atoms with van der Waals surface area (Å²) < 4.78 is 5.31. The summed E-state index contributed by atoms with van der Waals surface area (Å²) in [5.41, 5.74) is 2.35.